The fraction of sp³-hybridized carbons (Fsp3) is 0.929. The molecule has 1 aliphatic rings. The van der Waals surface area contributed by atoms with Gasteiger partial charge in [-0.3, -0.25) is 0 Å². The zero-order valence-electron chi connectivity index (χ0n) is 11.9. The summed E-state index contributed by atoms with van der Waals surface area (Å²) in [6.07, 6.45) is 6.21. The monoisotopic (exact) mass is 240 g/mol. The molecule has 0 heterocycles. The van der Waals surface area contributed by atoms with Crippen LogP contribution in [0.5, 0.6) is 0 Å². The largest absolute Gasteiger partial charge is 0.338 e. The Hall–Kier alpha value is -0.730. The third-order valence-electron chi connectivity index (χ3n) is 3.25. The van der Waals surface area contributed by atoms with E-state index in [9.17, 15) is 4.79 Å². The second-order valence-corrected chi connectivity index (χ2v) is 6.32. The number of nitrogens with zero attached hydrogens (tertiary/aromatic N) is 1. The van der Waals surface area contributed by atoms with Crippen molar-refractivity contribution in [2.75, 3.05) is 13.1 Å². The molecular weight excluding hydrogens is 212 g/mol. The summed E-state index contributed by atoms with van der Waals surface area (Å²) in [4.78, 5) is 14.2. The number of rotatable bonds is 3. The van der Waals surface area contributed by atoms with Gasteiger partial charge < -0.3 is 10.2 Å². The van der Waals surface area contributed by atoms with E-state index in [2.05, 4.69) is 31.0 Å². The van der Waals surface area contributed by atoms with Crippen LogP contribution in [0, 0.1) is 5.41 Å². The fourth-order valence-corrected chi connectivity index (χ4v) is 2.52. The molecule has 0 radical (unpaired) electrons. The van der Waals surface area contributed by atoms with Gasteiger partial charge in [-0.05, 0) is 25.2 Å². The van der Waals surface area contributed by atoms with E-state index in [-0.39, 0.29) is 11.4 Å². The Morgan fingerprint density at radius 1 is 1.24 bits per heavy atom. The van der Waals surface area contributed by atoms with Crippen molar-refractivity contribution in [3.63, 3.8) is 0 Å². The average Bonchev–Trinajstić information content (AvgIpc) is 2.26. The molecule has 0 atom stereocenters. The summed E-state index contributed by atoms with van der Waals surface area (Å²) in [6.45, 7) is 10.1. The second-order valence-electron chi connectivity index (χ2n) is 6.32. The quantitative estimate of drug-likeness (QED) is 0.805. The molecule has 0 unspecified atom stereocenters. The SMILES string of the molecule is CCNC(=O)N(CC(C)(C)C)C1CCCCC1. The van der Waals surface area contributed by atoms with E-state index in [0.29, 0.717) is 12.6 Å². The number of hydrogen-bond acceptors (Lipinski definition) is 1. The maximum atomic E-state index is 12.1. The molecule has 1 N–H and O–H groups in total. The summed E-state index contributed by atoms with van der Waals surface area (Å²) >= 11 is 0. The molecule has 0 aliphatic heterocycles. The predicted octanol–water partition coefficient (Wildman–Crippen LogP) is 3.40. The summed E-state index contributed by atoms with van der Waals surface area (Å²) in [7, 11) is 0. The standard InChI is InChI=1S/C14H28N2O/c1-5-15-13(17)16(11-14(2,3)4)12-9-7-6-8-10-12/h12H,5-11H2,1-4H3,(H,15,17). The van der Waals surface area contributed by atoms with Gasteiger partial charge in [-0.25, -0.2) is 4.79 Å². The van der Waals surface area contributed by atoms with E-state index in [4.69, 9.17) is 0 Å². The van der Waals surface area contributed by atoms with E-state index in [0.717, 1.165) is 6.54 Å². The number of carbonyl (C=O) groups is 1. The summed E-state index contributed by atoms with van der Waals surface area (Å²) in [5.41, 5.74) is 0.169. The molecular formula is C14H28N2O. The molecule has 0 spiro atoms. The van der Waals surface area contributed by atoms with Crippen molar-refractivity contribution in [2.45, 2.75) is 65.8 Å². The predicted molar refractivity (Wildman–Crippen MR) is 72.1 cm³/mol. The Bertz CT molecular complexity index is 239. The van der Waals surface area contributed by atoms with Gasteiger partial charge in [0.25, 0.3) is 0 Å². The molecule has 100 valence electrons. The van der Waals surface area contributed by atoms with Crippen molar-refractivity contribution < 1.29 is 4.79 Å². The summed E-state index contributed by atoms with van der Waals surface area (Å²) in [5.74, 6) is 0. The first-order valence-electron chi connectivity index (χ1n) is 6.98. The Balaban J connectivity index is 2.66. The van der Waals surface area contributed by atoms with Crippen LogP contribution in [-0.2, 0) is 0 Å². The molecule has 1 rings (SSSR count). The highest BCUT2D eigenvalue weighted by Crippen LogP contribution is 2.26. The van der Waals surface area contributed by atoms with E-state index in [1.807, 2.05) is 6.92 Å². The lowest BCUT2D eigenvalue weighted by atomic mass is 9.90. The van der Waals surface area contributed by atoms with E-state index in [1.165, 1.54) is 32.1 Å². The molecule has 0 aromatic carbocycles. The summed E-state index contributed by atoms with van der Waals surface area (Å²) in [5, 5.41) is 2.95. The van der Waals surface area contributed by atoms with E-state index < -0.39 is 0 Å². The van der Waals surface area contributed by atoms with Crippen LogP contribution < -0.4 is 5.32 Å². The minimum Gasteiger partial charge on any atom is -0.338 e. The topological polar surface area (TPSA) is 32.3 Å². The van der Waals surface area contributed by atoms with E-state index in [1.54, 1.807) is 0 Å². The van der Waals surface area contributed by atoms with Crippen LogP contribution in [0.4, 0.5) is 4.79 Å². The zero-order valence-corrected chi connectivity index (χ0v) is 11.9. The van der Waals surface area contributed by atoms with Gasteiger partial charge >= 0.3 is 6.03 Å². The van der Waals surface area contributed by atoms with Gasteiger partial charge in [-0.15, -0.1) is 0 Å². The molecule has 0 bridgehead atoms. The van der Waals surface area contributed by atoms with Crippen LogP contribution in [0.1, 0.15) is 59.8 Å². The Morgan fingerprint density at radius 2 is 1.82 bits per heavy atom. The third-order valence-corrected chi connectivity index (χ3v) is 3.25. The van der Waals surface area contributed by atoms with Gasteiger partial charge in [0.2, 0.25) is 0 Å². The van der Waals surface area contributed by atoms with Gasteiger partial charge in [0.15, 0.2) is 0 Å². The highest BCUT2D eigenvalue weighted by atomic mass is 16.2. The lowest BCUT2D eigenvalue weighted by Crippen LogP contribution is -2.50. The van der Waals surface area contributed by atoms with Crippen molar-refractivity contribution >= 4 is 6.03 Å². The smallest absolute Gasteiger partial charge is 0.317 e. The molecule has 1 aliphatic carbocycles. The van der Waals surface area contributed by atoms with Gasteiger partial charge in [0.05, 0.1) is 0 Å². The van der Waals surface area contributed by atoms with Gasteiger partial charge in [-0.2, -0.15) is 0 Å². The van der Waals surface area contributed by atoms with Gasteiger partial charge in [0.1, 0.15) is 0 Å². The number of amides is 2. The van der Waals surface area contributed by atoms with Crippen molar-refractivity contribution in [2.24, 2.45) is 5.41 Å². The molecule has 0 saturated heterocycles. The summed E-state index contributed by atoms with van der Waals surface area (Å²) in [6, 6.07) is 0.573. The van der Waals surface area contributed by atoms with Crippen molar-refractivity contribution in [3.8, 4) is 0 Å². The first kappa shape index (κ1) is 14.3. The number of carbonyl (C=O) groups excluding carboxylic acids is 1. The Kier molecular flexibility index (Phi) is 5.29. The molecule has 3 heteroatoms. The minimum absolute atomic E-state index is 0.120. The van der Waals surface area contributed by atoms with Crippen molar-refractivity contribution in [1.82, 2.24) is 10.2 Å². The second kappa shape index (κ2) is 6.27. The van der Waals surface area contributed by atoms with Crippen LogP contribution in [0.3, 0.4) is 0 Å². The molecule has 0 aromatic rings. The van der Waals surface area contributed by atoms with Crippen LogP contribution in [0.2, 0.25) is 0 Å². The van der Waals surface area contributed by atoms with Crippen molar-refractivity contribution in [3.05, 3.63) is 0 Å². The maximum Gasteiger partial charge on any atom is 0.317 e. The molecule has 2 amide bonds. The first-order chi connectivity index (χ1) is 7.94. The Morgan fingerprint density at radius 3 is 2.29 bits per heavy atom. The van der Waals surface area contributed by atoms with Crippen LogP contribution in [0.25, 0.3) is 0 Å². The molecule has 17 heavy (non-hydrogen) atoms. The van der Waals surface area contributed by atoms with Crippen LogP contribution in [0.15, 0.2) is 0 Å². The highest BCUT2D eigenvalue weighted by molar-refractivity contribution is 5.74. The first-order valence-corrected chi connectivity index (χ1v) is 6.98. The van der Waals surface area contributed by atoms with Gasteiger partial charge in [0, 0.05) is 19.1 Å². The molecule has 3 nitrogen and oxygen atoms in total. The molecule has 1 fully saturated rings. The number of hydrogen-bond donors (Lipinski definition) is 1. The molecule has 0 aromatic heterocycles. The minimum atomic E-state index is 0.120. The van der Waals surface area contributed by atoms with Crippen LogP contribution in [-0.4, -0.2) is 30.1 Å². The van der Waals surface area contributed by atoms with E-state index >= 15 is 0 Å². The zero-order chi connectivity index (χ0) is 12.9. The highest BCUT2D eigenvalue weighted by Gasteiger charge is 2.28. The Labute approximate surface area is 106 Å². The summed E-state index contributed by atoms with van der Waals surface area (Å²) < 4.78 is 0. The number of urea groups is 1. The number of nitrogens with one attached hydrogen (secondary N) is 1. The average molecular weight is 240 g/mol. The van der Waals surface area contributed by atoms with Crippen LogP contribution >= 0.6 is 0 Å². The maximum absolute atomic E-state index is 12.1. The van der Waals surface area contributed by atoms with Gasteiger partial charge in [-0.1, -0.05) is 40.0 Å². The third kappa shape index (κ3) is 4.97. The fourth-order valence-electron chi connectivity index (χ4n) is 2.52. The van der Waals surface area contributed by atoms with Crippen molar-refractivity contribution in [1.29, 1.82) is 0 Å². The molecule has 1 saturated carbocycles. The normalized spacial score (nSPS) is 17.9. The lowest BCUT2D eigenvalue weighted by molar-refractivity contribution is 0.126. The lowest BCUT2D eigenvalue weighted by Gasteiger charge is -2.38.